The molecule has 0 radical (unpaired) electrons. The van der Waals surface area contributed by atoms with E-state index in [0.29, 0.717) is 18.8 Å². The van der Waals surface area contributed by atoms with Crippen LogP contribution >= 0.6 is 0 Å². The SMILES string of the molecule is CN1C(=O)C(O)CC1COc1cccnc1. The van der Waals surface area contributed by atoms with E-state index in [0.717, 1.165) is 0 Å². The van der Waals surface area contributed by atoms with Gasteiger partial charge in [-0.25, -0.2) is 0 Å². The molecule has 1 aliphatic heterocycles. The van der Waals surface area contributed by atoms with E-state index in [4.69, 9.17) is 4.74 Å². The first-order valence-corrected chi connectivity index (χ1v) is 5.16. The van der Waals surface area contributed by atoms with Crippen molar-refractivity contribution in [2.75, 3.05) is 13.7 Å². The van der Waals surface area contributed by atoms with Gasteiger partial charge in [0, 0.05) is 19.7 Å². The minimum absolute atomic E-state index is 0.0669. The van der Waals surface area contributed by atoms with Crippen molar-refractivity contribution < 1.29 is 14.6 Å². The average molecular weight is 222 g/mol. The van der Waals surface area contributed by atoms with Gasteiger partial charge in [0.1, 0.15) is 18.5 Å². The first kappa shape index (κ1) is 10.9. The van der Waals surface area contributed by atoms with Crippen molar-refractivity contribution in [2.24, 2.45) is 0 Å². The molecule has 1 aromatic rings. The number of nitrogens with zero attached hydrogens (tertiary/aromatic N) is 2. The molecular formula is C11H14N2O3. The monoisotopic (exact) mass is 222 g/mol. The van der Waals surface area contributed by atoms with Gasteiger partial charge in [-0.1, -0.05) is 0 Å². The normalized spacial score (nSPS) is 24.9. The summed E-state index contributed by atoms with van der Waals surface area (Å²) in [4.78, 5) is 16.8. The first-order valence-electron chi connectivity index (χ1n) is 5.16. The van der Waals surface area contributed by atoms with E-state index < -0.39 is 6.10 Å². The highest BCUT2D eigenvalue weighted by Gasteiger charge is 2.36. The number of rotatable bonds is 3. The van der Waals surface area contributed by atoms with Crippen molar-refractivity contribution in [1.82, 2.24) is 9.88 Å². The van der Waals surface area contributed by atoms with Gasteiger partial charge in [-0.3, -0.25) is 9.78 Å². The molecule has 1 amide bonds. The van der Waals surface area contributed by atoms with Gasteiger partial charge in [0.25, 0.3) is 5.91 Å². The summed E-state index contributed by atoms with van der Waals surface area (Å²) < 4.78 is 5.49. The Balaban J connectivity index is 1.90. The van der Waals surface area contributed by atoms with Gasteiger partial charge in [0.2, 0.25) is 0 Å². The van der Waals surface area contributed by atoms with Gasteiger partial charge in [-0.05, 0) is 12.1 Å². The van der Waals surface area contributed by atoms with Crippen molar-refractivity contribution in [3.05, 3.63) is 24.5 Å². The van der Waals surface area contributed by atoms with Crippen LogP contribution in [0.5, 0.6) is 5.75 Å². The van der Waals surface area contributed by atoms with Gasteiger partial charge in [0.05, 0.1) is 12.2 Å². The van der Waals surface area contributed by atoms with Gasteiger partial charge >= 0.3 is 0 Å². The number of aliphatic hydroxyl groups excluding tert-OH is 1. The van der Waals surface area contributed by atoms with Crippen molar-refractivity contribution in [3.8, 4) is 5.75 Å². The van der Waals surface area contributed by atoms with E-state index in [1.165, 1.54) is 4.90 Å². The summed E-state index contributed by atoms with van der Waals surface area (Å²) in [5.41, 5.74) is 0. The Morgan fingerprint density at radius 3 is 3.06 bits per heavy atom. The second-order valence-electron chi connectivity index (χ2n) is 3.85. The second kappa shape index (κ2) is 4.49. The zero-order chi connectivity index (χ0) is 11.5. The van der Waals surface area contributed by atoms with E-state index in [-0.39, 0.29) is 11.9 Å². The van der Waals surface area contributed by atoms with Crippen LogP contribution in [0.3, 0.4) is 0 Å². The smallest absolute Gasteiger partial charge is 0.251 e. The molecule has 1 saturated heterocycles. The third-order valence-corrected chi connectivity index (χ3v) is 2.75. The van der Waals surface area contributed by atoms with Crippen LogP contribution in [0.2, 0.25) is 0 Å². The molecule has 1 aliphatic rings. The maximum atomic E-state index is 11.3. The zero-order valence-electron chi connectivity index (χ0n) is 9.04. The van der Waals surface area contributed by atoms with E-state index in [9.17, 15) is 9.90 Å². The van der Waals surface area contributed by atoms with E-state index >= 15 is 0 Å². The van der Waals surface area contributed by atoms with Crippen LogP contribution < -0.4 is 4.74 Å². The third kappa shape index (κ3) is 2.14. The number of likely N-dealkylation sites (N-methyl/N-ethyl adjacent to an activating group) is 1. The Morgan fingerprint density at radius 1 is 1.69 bits per heavy atom. The molecular weight excluding hydrogens is 208 g/mol. The summed E-state index contributed by atoms with van der Waals surface area (Å²) in [6, 6.07) is 3.52. The lowest BCUT2D eigenvalue weighted by atomic mass is 10.2. The Bertz CT molecular complexity index is 369. The van der Waals surface area contributed by atoms with Crippen LogP contribution in [0.4, 0.5) is 0 Å². The predicted molar refractivity (Wildman–Crippen MR) is 56.9 cm³/mol. The number of hydrogen-bond acceptors (Lipinski definition) is 4. The number of carbonyl (C=O) groups excluding carboxylic acids is 1. The Morgan fingerprint density at radius 2 is 2.50 bits per heavy atom. The fourth-order valence-electron chi connectivity index (χ4n) is 1.74. The molecule has 5 nitrogen and oxygen atoms in total. The van der Waals surface area contributed by atoms with E-state index in [1.807, 2.05) is 0 Å². The van der Waals surface area contributed by atoms with Gasteiger partial charge in [-0.2, -0.15) is 0 Å². The Labute approximate surface area is 93.7 Å². The topological polar surface area (TPSA) is 62.7 Å². The van der Waals surface area contributed by atoms with Gasteiger partial charge < -0.3 is 14.7 Å². The highest BCUT2D eigenvalue weighted by Crippen LogP contribution is 2.18. The molecule has 1 fully saturated rings. The van der Waals surface area contributed by atoms with Crippen LogP contribution in [-0.4, -0.2) is 46.7 Å². The van der Waals surface area contributed by atoms with Gasteiger partial charge in [0.15, 0.2) is 0 Å². The summed E-state index contributed by atoms with van der Waals surface area (Å²) in [5, 5.41) is 9.38. The van der Waals surface area contributed by atoms with Crippen molar-refractivity contribution >= 4 is 5.91 Å². The summed E-state index contributed by atoms with van der Waals surface area (Å²) in [5.74, 6) is 0.435. The number of carbonyl (C=O) groups is 1. The molecule has 1 N–H and O–H groups in total. The highest BCUT2D eigenvalue weighted by molar-refractivity contribution is 5.83. The number of pyridine rings is 1. The number of aromatic nitrogens is 1. The molecule has 16 heavy (non-hydrogen) atoms. The lowest BCUT2D eigenvalue weighted by Crippen LogP contribution is -2.34. The Hall–Kier alpha value is -1.62. The first-order chi connectivity index (χ1) is 7.68. The average Bonchev–Trinajstić information content (AvgIpc) is 2.56. The van der Waals surface area contributed by atoms with Crippen LogP contribution in [-0.2, 0) is 4.79 Å². The molecule has 2 heterocycles. The molecule has 2 atom stereocenters. The van der Waals surface area contributed by atoms with Crippen LogP contribution in [0, 0.1) is 0 Å². The Kier molecular flexibility index (Phi) is 3.05. The number of ether oxygens (including phenoxy) is 1. The summed E-state index contributed by atoms with van der Waals surface area (Å²) in [6.45, 7) is 0.380. The quantitative estimate of drug-likeness (QED) is 0.785. The summed E-state index contributed by atoms with van der Waals surface area (Å²) >= 11 is 0. The van der Waals surface area contributed by atoms with Crippen LogP contribution in [0.25, 0.3) is 0 Å². The lowest BCUT2D eigenvalue weighted by molar-refractivity contribution is -0.134. The zero-order valence-corrected chi connectivity index (χ0v) is 9.04. The maximum absolute atomic E-state index is 11.3. The number of amides is 1. The van der Waals surface area contributed by atoms with Crippen molar-refractivity contribution in [3.63, 3.8) is 0 Å². The molecule has 0 aromatic carbocycles. The van der Waals surface area contributed by atoms with Crippen LogP contribution in [0.1, 0.15) is 6.42 Å². The third-order valence-electron chi connectivity index (χ3n) is 2.75. The maximum Gasteiger partial charge on any atom is 0.251 e. The molecule has 0 saturated carbocycles. The fourth-order valence-corrected chi connectivity index (χ4v) is 1.74. The minimum atomic E-state index is -0.882. The van der Waals surface area contributed by atoms with Crippen LogP contribution in [0.15, 0.2) is 24.5 Å². The summed E-state index contributed by atoms with van der Waals surface area (Å²) in [7, 11) is 1.68. The minimum Gasteiger partial charge on any atom is -0.490 e. The lowest BCUT2D eigenvalue weighted by Gasteiger charge is -2.19. The largest absolute Gasteiger partial charge is 0.490 e. The van der Waals surface area contributed by atoms with Gasteiger partial charge in [-0.15, -0.1) is 0 Å². The number of aliphatic hydroxyl groups is 1. The highest BCUT2D eigenvalue weighted by atomic mass is 16.5. The second-order valence-corrected chi connectivity index (χ2v) is 3.85. The molecule has 5 heteroatoms. The standard InChI is InChI=1S/C11H14N2O3/c1-13-8(5-10(14)11(13)15)7-16-9-3-2-4-12-6-9/h2-4,6,8,10,14H,5,7H2,1H3. The summed E-state index contributed by atoms with van der Waals surface area (Å²) in [6.07, 6.45) is 2.83. The molecule has 1 aromatic heterocycles. The molecule has 0 spiro atoms. The van der Waals surface area contributed by atoms with Crippen molar-refractivity contribution in [2.45, 2.75) is 18.6 Å². The fraction of sp³-hybridized carbons (Fsp3) is 0.455. The predicted octanol–water partition coefficient (Wildman–Crippen LogP) is 0.0520. The number of hydrogen-bond donors (Lipinski definition) is 1. The molecule has 0 aliphatic carbocycles. The molecule has 2 unspecified atom stereocenters. The van der Waals surface area contributed by atoms with Crippen molar-refractivity contribution in [1.29, 1.82) is 0 Å². The molecule has 86 valence electrons. The molecule has 0 bridgehead atoms. The number of likely N-dealkylation sites (tertiary alicyclic amines) is 1. The van der Waals surface area contributed by atoms with E-state index in [1.54, 1.807) is 31.6 Å². The molecule has 2 rings (SSSR count). The van der Waals surface area contributed by atoms with E-state index in [2.05, 4.69) is 4.98 Å².